The monoisotopic (exact) mass is 419 g/mol. The topological polar surface area (TPSA) is 58.9 Å². The number of benzene rings is 2. The van der Waals surface area contributed by atoms with Crippen molar-refractivity contribution in [3.63, 3.8) is 0 Å². The molecule has 0 fully saturated rings. The van der Waals surface area contributed by atoms with Crippen molar-refractivity contribution in [2.45, 2.75) is 6.92 Å². The van der Waals surface area contributed by atoms with Crippen LogP contribution in [-0.4, -0.2) is 22.7 Å². The fourth-order valence-electron chi connectivity index (χ4n) is 2.37. The second-order valence-electron chi connectivity index (χ2n) is 5.48. The molecule has 138 valence electrons. The molecule has 1 heterocycles. The van der Waals surface area contributed by atoms with Gasteiger partial charge in [0.1, 0.15) is 16.4 Å². The molecule has 1 N–H and O–H groups in total. The lowest BCUT2D eigenvalue weighted by atomic mass is 10.1. The molecule has 0 atom stereocenters. The van der Waals surface area contributed by atoms with Crippen molar-refractivity contribution in [3.05, 3.63) is 80.4 Å². The molecule has 0 aliphatic carbocycles. The lowest BCUT2D eigenvalue weighted by molar-refractivity contribution is -0.138. The number of rotatable bonds is 4. The Morgan fingerprint density at radius 1 is 1.19 bits per heavy atom. The van der Waals surface area contributed by atoms with E-state index in [-0.39, 0.29) is 17.9 Å². The summed E-state index contributed by atoms with van der Waals surface area (Å²) in [6, 6.07) is 14.3. The summed E-state index contributed by atoms with van der Waals surface area (Å²) >= 11 is 13.2. The molecule has 0 saturated heterocycles. The Balaban J connectivity index is 2.04. The third kappa shape index (κ3) is 4.56. The zero-order chi connectivity index (χ0) is 19.4. The number of hydrogen-bond donors (Lipinski definition) is 1. The number of aliphatic hydroxyl groups excluding tert-OH is 1. The van der Waals surface area contributed by atoms with Crippen LogP contribution in [-0.2, 0) is 9.53 Å². The van der Waals surface area contributed by atoms with Gasteiger partial charge < -0.3 is 9.84 Å². The predicted octanol–water partition coefficient (Wildman–Crippen LogP) is 6.19. The minimum atomic E-state index is -0.616. The summed E-state index contributed by atoms with van der Waals surface area (Å²) in [4.78, 5) is 17.3. The third-order valence-corrected chi connectivity index (χ3v) is 5.36. The van der Waals surface area contributed by atoms with Crippen molar-refractivity contribution in [1.82, 2.24) is 0 Å². The van der Waals surface area contributed by atoms with E-state index in [9.17, 15) is 9.90 Å². The highest BCUT2D eigenvalue weighted by atomic mass is 35.5. The summed E-state index contributed by atoms with van der Waals surface area (Å²) in [5.41, 5.74) is 1.46. The maximum Gasteiger partial charge on any atom is 0.344 e. The van der Waals surface area contributed by atoms with E-state index in [4.69, 9.17) is 27.9 Å². The Hall–Kier alpha value is -2.21. The first-order valence-corrected chi connectivity index (χ1v) is 9.66. The van der Waals surface area contributed by atoms with Crippen LogP contribution in [0.15, 0.2) is 69.8 Å². The fraction of sp³-hybridized carbons (Fsp3) is 0.100. The normalized spacial score (nSPS) is 17.0. The Kier molecular flexibility index (Phi) is 6.26. The molecular formula is C20H15Cl2NO3S. The van der Waals surface area contributed by atoms with Gasteiger partial charge in [-0.2, -0.15) is 0 Å². The number of para-hydroxylation sites is 1. The quantitative estimate of drug-likeness (QED) is 0.600. The second kappa shape index (κ2) is 8.65. The Morgan fingerprint density at radius 2 is 1.93 bits per heavy atom. The predicted molar refractivity (Wildman–Crippen MR) is 112 cm³/mol. The molecule has 0 spiro atoms. The number of halogens is 2. The molecule has 0 amide bonds. The van der Waals surface area contributed by atoms with Crippen molar-refractivity contribution in [2.24, 2.45) is 4.99 Å². The van der Waals surface area contributed by atoms with Gasteiger partial charge in [-0.05, 0) is 42.8 Å². The second-order valence-corrected chi connectivity index (χ2v) is 7.33. The molecule has 4 nitrogen and oxygen atoms in total. The highest BCUT2D eigenvalue weighted by molar-refractivity contribution is 8.18. The maximum atomic E-state index is 12.4. The van der Waals surface area contributed by atoms with Crippen molar-refractivity contribution in [2.75, 3.05) is 6.61 Å². The number of thioether (sulfide) groups is 1. The van der Waals surface area contributed by atoms with Crippen molar-refractivity contribution >= 4 is 57.7 Å². The van der Waals surface area contributed by atoms with Crippen LogP contribution < -0.4 is 0 Å². The summed E-state index contributed by atoms with van der Waals surface area (Å²) in [7, 11) is 0. The Bertz CT molecular complexity index is 968. The van der Waals surface area contributed by atoms with E-state index in [1.54, 1.807) is 31.2 Å². The number of aliphatic hydroxyl groups is 1. The SMILES string of the molecule is CCOC(=O)C1=C(O)/C(=C\c2ccc(Cl)c(Cl)c2)SC1=Nc1ccccc1. The Morgan fingerprint density at radius 3 is 2.59 bits per heavy atom. The van der Waals surface area contributed by atoms with Gasteiger partial charge in [0.05, 0.1) is 27.2 Å². The first-order chi connectivity index (χ1) is 13.0. The van der Waals surface area contributed by atoms with Crippen molar-refractivity contribution in [3.8, 4) is 0 Å². The first kappa shape index (κ1) is 19.5. The van der Waals surface area contributed by atoms with Gasteiger partial charge in [-0.15, -0.1) is 0 Å². The highest BCUT2D eigenvalue weighted by Gasteiger charge is 2.33. The van der Waals surface area contributed by atoms with Gasteiger partial charge >= 0.3 is 5.97 Å². The van der Waals surface area contributed by atoms with E-state index >= 15 is 0 Å². The van der Waals surface area contributed by atoms with E-state index in [0.717, 1.165) is 5.56 Å². The molecular weight excluding hydrogens is 405 g/mol. The van der Waals surface area contributed by atoms with E-state index in [0.29, 0.717) is 25.7 Å². The van der Waals surface area contributed by atoms with Crippen LogP contribution in [0.1, 0.15) is 12.5 Å². The molecule has 0 aromatic heterocycles. The van der Waals surface area contributed by atoms with Gasteiger partial charge in [-0.3, -0.25) is 0 Å². The minimum Gasteiger partial charge on any atom is -0.506 e. The van der Waals surface area contributed by atoms with Gasteiger partial charge in [-0.25, -0.2) is 9.79 Å². The molecule has 2 aromatic rings. The number of nitrogens with zero attached hydrogens (tertiary/aromatic N) is 1. The molecule has 0 radical (unpaired) electrons. The van der Waals surface area contributed by atoms with Gasteiger partial charge in [0, 0.05) is 0 Å². The van der Waals surface area contributed by atoms with Gasteiger partial charge in [-0.1, -0.05) is 59.2 Å². The van der Waals surface area contributed by atoms with E-state index in [1.165, 1.54) is 11.8 Å². The van der Waals surface area contributed by atoms with Crippen molar-refractivity contribution < 1.29 is 14.6 Å². The fourth-order valence-corrected chi connectivity index (χ4v) is 3.71. The van der Waals surface area contributed by atoms with Crippen LogP contribution in [0, 0.1) is 0 Å². The van der Waals surface area contributed by atoms with E-state index in [1.807, 2.05) is 30.3 Å². The number of aliphatic imine (C=N–C) groups is 1. The van der Waals surface area contributed by atoms with Crippen molar-refractivity contribution in [1.29, 1.82) is 0 Å². The van der Waals surface area contributed by atoms with Crippen LogP contribution in [0.2, 0.25) is 10.0 Å². The van der Waals surface area contributed by atoms with Gasteiger partial charge in [0.25, 0.3) is 0 Å². The largest absolute Gasteiger partial charge is 0.506 e. The molecule has 2 aromatic carbocycles. The average molecular weight is 420 g/mol. The third-order valence-electron chi connectivity index (χ3n) is 3.60. The molecule has 1 aliphatic rings. The maximum absolute atomic E-state index is 12.4. The average Bonchev–Trinajstić information content (AvgIpc) is 2.94. The molecule has 0 unspecified atom stereocenters. The van der Waals surface area contributed by atoms with Crippen LogP contribution in [0.4, 0.5) is 5.69 Å². The molecule has 1 aliphatic heterocycles. The molecule has 3 rings (SSSR count). The first-order valence-electron chi connectivity index (χ1n) is 8.09. The van der Waals surface area contributed by atoms with Gasteiger partial charge in [0.15, 0.2) is 0 Å². The Labute approximate surface area is 171 Å². The van der Waals surface area contributed by atoms with Crippen LogP contribution in [0.25, 0.3) is 6.08 Å². The lowest BCUT2D eigenvalue weighted by Gasteiger charge is -2.03. The van der Waals surface area contributed by atoms with Gasteiger partial charge in [0.2, 0.25) is 0 Å². The number of carbonyl (C=O) groups excluding carboxylic acids is 1. The van der Waals surface area contributed by atoms with Crippen LogP contribution >= 0.6 is 35.0 Å². The zero-order valence-electron chi connectivity index (χ0n) is 14.3. The smallest absolute Gasteiger partial charge is 0.344 e. The standard InChI is InChI=1S/C20H15Cl2NO3S/c1-2-26-20(25)17-18(24)16(11-12-8-9-14(21)15(22)10-12)27-19(17)23-13-6-4-3-5-7-13/h3-11,24H,2H2,1H3/b16-11+,23-19?. The molecule has 0 saturated carbocycles. The number of ether oxygens (including phenoxy) is 1. The van der Waals surface area contributed by atoms with E-state index in [2.05, 4.69) is 4.99 Å². The molecule has 7 heteroatoms. The van der Waals surface area contributed by atoms with Crippen LogP contribution in [0.5, 0.6) is 0 Å². The minimum absolute atomic E-state index is 0.0528. The summed E-state index contributed by atoms with van der Waals surface area (Å²) < 4.78 is 5.08. The highest BCUT2D eigenvalue weighted by Crippen LogP contribution is 2.40. The lowest BCUT2D eigenvalue weighted by Crippen LogP contribution is -2.12. The number of esters is 1. The summed E-state index contributed by atoms with van der Waals surface area (Å²) in [5.74, 6) is -0.783. The number of hydrogen-bond acceptors (Lipinski definition) is 5. The van der Waals surface area contributed by atoms with Crippen LogP contribution in [0.3, 0.4) is 0 Å². The molecule has 27 heavy (non-hydrogen) atoms. The summed E-state index contributed by atoms with van der Waals surface area (Å²) in [6.45, 7) is 1.91. The van der Waals surface area contributed by atoms with E-state index < -0.39 is 5.97 Å². The summed E-state index contributed by atoms with van der Waals surface area (Å²) in [5, 5.41) is 11.9. The summed E-state index contributed by atoms with van der Waals surface area (Å²) in [6.07, 6.45) is 1.72. The number of carbonyl (C=O) groups is 1. The molecule has 0 bridgehead atoms. The zero-order valence-corrected chi connectivity index (χ0v) is 16.6.